The Morgan fingerprint density at radius 1 is 0.218 bits per heavy atom. The lowest BCUT2D eigenvalue weighted by atomic mass is 9.91. The van der Waals surface area contributed by atoms with Crippen molar-refractivity contribution in [2.45, 2.75) is 0 Å². The van der Waals surface area contributed by atoms with Gasteiger partial charge in [0.25, 0.3) is 0 Å². The number of para-hydroxylation sites is 2. The molecule has 0 N–H and O–H groups in total. The van der Waals surface area contributed by atoms with E-state index in [0.717, 1.165) is 33.8 Å². The monoisotopic (exact) mass is 699 g/mol. The van der Waals surface area contributed by atoms with E-state index in [0.29, 0.717) is 0 Å². The lowest BCUT2D eigenvalue weighted by molar-refractivity contribution is 1.28. The summed E-state index contributed by atoms with van der Waals surface area (Å²) in [5, 5.41) is 7.44. The van der Waals surface area contributed by atoms with Crippen LogP contribution < -0.4 is 4.90 Å². The SMILES string of the molecule is c1ccc(-c2ccc(N(c3ccccc3-c3ccc4ccccc4c3)c3ccccc3-c3cc4ccccc4c4ccccc34)c(-c3ccccc3)c2)cc1. The quantitative estimate of drug-likeness (QED) is 0.150. The van der Waals surface area contributed by atoms with Gasteiger partial charge in [-0.2, -0.15) is 0 Å². The van der Waals surface area contributed by atoms with Gasteiger partial charge in [0.2, 0.25) is 0 Å². The molecule has 0 saturated carbocycles. The van der Waals surface area contributed by atoms with Crippen molar-refractivity contribution < 1.29 is 0 Å². The molecule has 1 heteroatoms. The molecule has 0 unspecified atom stereocenters. The molecule has 0 heterocycles. The molecule has 0 atom stereocenters. The number of rotatable bonds is 7. The molecular formula is C54H37N. The first-order chi connectivity index (χ1) is 27.3. The summed E-state index contributed by atoms with van der Waals surface area (Å²) >= 11 is 0. The van der Waals surface area contributed by atoms with Crippen LogP contribution in [-0.4, -0.2) is 0 Å². The van der Waals surface area contributed by atoms with E-state index in [2.05, 4.69) is 229 Å². The molecule has 1 nitrogen and oxygen atoms in total. The Labute approximate surface area is 322 Å². The van der Waals surface area contributed by atoms with Crippen LogP contribution >= 0.6 is 0 Å². The summed E-state index contributed by atoms with van der Waals surface area (Å²) < 4.78 is 0. The molecule has 0 fully saturated rings. The van der Waals surface area contributed by atoms with Crippen LogP contribution in [0.15, 0.2) is 224 Å². The third-order valence-corrected chi connectivity index (χ3v) is 10.8. The van der Waals surface area contributed by atoms with Gasteiger partial charge in [-0.05, 0) is 96.5 Å². The molecule has 10 rings (SSSR count). The first-order valence-electron chi connectivity index (χ1n) is 18.9. The van der Waals surface area contributed by atoms with Gasteiger partial charge in [0, 0.05) is 16.7 Å². The van der Waals surface area contributed by atoms with E-state index in [9.17, 15) is 0 Å². The number of nitrogens with zero attached hydrogens (tertiary/aromatic N) is 1. The Hall–Kier alpha value is -7.22. The number of hydrogen-bond donors (Lipinski definition) is 0. The highest BCUT2D eigenvalue weighted by molar-refractivity contribution is 6.15. The van der Waals surface area contributed by atoms with Gasteiger partial charge in [-0.25, -0.2) is 0 Å². The highest BCUT2D eigenvalue weighted by Crippen LogP contribution is 2.49. The zero-order valence-electron chi connectivity index (χ0n) is 30.3. The predicted molar refractivity (Wildman–Crippen MR) is 235 cm³/mol. The molecule has 0 aromatic heterocycles. The van der Waals surface area contributed by atoms with Gasteiger partial charge in [0.1, 0.15) is 0 Å². The first-order valence-corrected chi connectivity index (χ1v) is 18.9. The van der Waals surface area contributed by atoms with Crippen LogP contribution in [0.25, 0.3) is 76.8 Å². The predicted octanol–water partition coefficient (Wildman–Crippen LogP) is 15.3. The summed E-state index contributed by atoms with van der Waals surface area (Å²) in [7, 11) is 0. The van der Waals surface area contributed by atoms with E-state index in [1.165, 1.54) is 60.1 Å². The van der Waals surface area contributed by atoms with Crippen molar-refractivity contribution in [3.05, 3.63) is 224 Å². The molecule has 0 bridgehead atoms. The third kappa shape index (κ3) is 5.93. The smallest absolute Gasteiger partial charge is 0.0540 e. The maximum absolute atomic E-state index is 2.50. The van der Waals surface area contributed by atoms with Crippen molar-refractivity contribution in [2.75, 3.05) is 4.90 Å². The fourth-order valence-electron chi connectivity index (χ4n) is 8.22. The third-order valence-electron chi connectivity index (χ3n) is 10.8. The number of benzene rings is 10. The molecule has 0 spiro atoms. The van der Waals surface area contributed by atoms with E-state index in [-0.39, 0.29) is 0 Å². The minimum absolute atomic E-state index is 1.11. The molecule has 0 saturated heterocycles. The Morgan fingerprint density at radius 2 is 0.745 bits per heavy atom. The molecule has 0 amide bonds. The van der Waals surface area contributed by atoms with Gasteiger partial charge in [-0.1, -0.05) is 188 Å². The zero-order valence-corrected chi connectivity index (χ0v) is 30.3. The van der Waals surface area contributed by atoms with E-state index >= 15 is 0 Å². The molecular weight excluding hydrogens is 663 g/mol. The van der Waals surface area contributed by atoms with Crippen molar-refractivity contribution in [2.24, 2.45) is 0 Å². The summed E-state index contributed by atoms with van der Waals surface area (Å²) in [4.78, 5) is 2.50. The highest BCUT2D eigenvalue weighted by atomic mass is 15.1. The maximum atomic E-state index is 2.50. The normalized spacial score (nSPS) is 11.3. The summed E-state index contributed by atoms with van der Waals surface area (Å²) in [6.07, 6.45) is 0. The van der Waals surface area contributed by atoms with Crippen molar-refractivity contribution in [3.8, 4) is 44.5 Å². The molecule has 0 aliphatic rings. The fraction of sp³-hybridized carbons (Fsp3) is 0. The molecule has 10 aromatic carbocycles. The van der Waals surface area contributed by atoms with Crippen LogP contribution in [0.3, 0.4) is 0 Å². The van der Waals surface area contributed by atoms with Crippen molar-refractivity contribution in [1.82, 2.24) is 0 Å². The van der Waals surface area contributed by atoms with Crippen LogP contribution in [0, 0.1) is 0 Å². The number of anilines is 3. The van der Waals surface area contributed by atoms with Crippen LogP contribution in [0.2, 0.25) is 0 Å². The minimum Gasteiger partial charge on any atom is -0.309 e. The molecule has 55 heavy (non-hydrogen) atoms. The summed E-state index contributed by atoms with van der Waals surface area (Å²) in [6.45, 7) is 0. The van der Waals surface area contributed by atoms with Crippen molar-refractivity contribution in [3.63, 3.8) is 0 Å². The lowest BCUT2D eigenvalue weighted by Crippen LogP contribution is -2.14. The van der Waals surface area contributed by atoms with Gasteiger partial charge in [-0.3, -0.25) is 0 Å². The first kappa shape index (κ1) is 32.4. The standard InChI is InChI=1S/C54H37N/c1-3-17-38(18-4-1)42-33-34-54(50(36-42)40-20-5-2-6-21-40)55(52-29-15-13-25-46(52)44-32-31-39-19-7-8-22-41(39)35-44)53-30-16-14-28-49(53)51-37-43-23-9-10-24-45(43)47-26-11-12-27-48(47)51/h1-37H. The van der Waals surface area contributed by atoms with Gasteiger partial charge in [0.15, 0.2) is 0 Å². The maximum Gasteiger partial charge on any atom is 0.0540 e. The average molecular weight is 700 g/mol. The molecule has 0 aliphatic carbocycles. The second-order valence-electron chi connectivity index (χ2n) is 14.1. The number of fused-ring (bicyclic) bond motifs is 4. The van der Waals surface area contributed by atoms with E-state index < -0.39 is 0 Å². The molecule has 10 aromatic rings. The summed E-state index contributed by atoms with van der Waals surface area (Å²) in [5.41, 5.74) is 12.7. The Kier molecular flexibility index (Phi) is 8.24. The van der Waals surface area contributed by atoms with E-state index in [1.54, 1.807) is 0 Å². The largest absolute Gasteiger partial charge is 0.309 e. The van der Waals surface area contributed by atoms with Crippen molar-refractivity contribution >= 4 is 49.4 Å². The van der Waals surface area contributed by atoms with E-state index in [1.807, 2.05) is 0 Å². The van der Waals surface area contributed by atoms with E-state index in [4.69, 9.17) is 0 Å². The van der Waals surface area contributed by atoms with Crippen LogP contribution in [-0.2, 0) is 0 Å². The van der Waals surface area contributed by atoms with Gasteiger partial charge >= 0.3 is 0 Å². The van der Waals surface area contributed by atoms with Gasteiger partial charge in [0.05, 0.1) is 17.1 Å². The summed E-state index contributed by atoms with van der Waals surface area (Å²) in [5.74, 6) is 0. The van der Waals surface area contributed by atoms with Crippen molar-refractivity contribution in [1.29, 1.82) is 0 Å². The topological polar surface area (TPSA) is 3.24 Å². The molecule has 258 valence electrons. The highest BCUT2D eigenvalue weighted by Gasteiger charge is 2.24. The molecule has 0 radical (unpaired) electrons. The van der Waals surface area contributed by atoms with Crippen LogP contribution in [0.4, 0.5) is 17.1 Å². The van der Waals surface area contributed by atoms with Gasteiger partial charge < -0.3 is 4.90 Å². The van der Waals surface area contributed by atoms with Crippen LogP contribution in [0.1, 0.15) is 0 Å². The number of hydrogen-bond acceptors (Lipinski definition) is 1. The average Bonchev–Trinajstić information content (AvgIpc) is 3.27. The van der Waals surface area contributed by atoms with Gasteiger partial charge in [-0.15, -0.1) is 0 Å². The zero-order chi connectivity index (χ0) is 36.6. The molecule has 0 aliphatic heterocycles. The fourth-order valence-corrected chi connectivity index (χ4v) is 8.22. The second kappa shape index (κ2) is 14.0. The summed E-state index contributed by atoms with van der Waals surface area (Å²) in [6, 6.07) is 81.6. The lowest BCUT2D eigenvalue weighted by Gasteiger charge is -2.32. The van der Waals surface area contributed by atoms with Crippen LogP contribution in [0.5, 0.6) is 0 Å². The minimum atomic E-state index is 1.11. The Bertz CT molecular complexity index is 2980. The second-order valence-corrected chi connectivity index (χ2v) is 14.1. The Balaban J connectivity index is 1.29. The Morgan fingerprint density at radius 3 is 1.51 bits per heavy atom.